The minimum Gasteiger partial charge on any atom is -0.308 e. The normalized spacial score (nSPS) is 11.1. The average Bonchev–Trinajstić information content (AvgIpc) is 2.47. The van der Waals surface area contributed by atoms with Gasteiger partial charge in [0.25, 0.3) is 10.0 Å². The number of pyridine rings is 1. The minimum absolute atomic E-state index is 0.155. The molecule has 0 aliphatic carbocycles. The predicted molar refractivity (Wildman–Crippen MR) is 78.7 cm³/mol. The van der Waals surface area contributed by atoms with Gasteiger partial charge in [-0.25, -0.2) is 19.2 Å². The number of para-hydroxylation sites is 1. The van der Waals surface area contributed by atoms with Crippen LogP contribution in [0.25, 0.3) is 0 Å². The van der Waals surface area contributed by atoms with Crippen molar-refractivity contribution in [2.45, 2.75) is 18.2 Å². The molecule has 2 aromatic rings. The summed E-state index contributed by atoms with van der Waals surface area (Å²) in [6.45, 7) is 1.84. The van der Waals surface area contributed by atoms with E-state index in [2.05, 4.69) is 15.1 Å². The second kappa shape index (κ2) is 5.89. The zero-order valence-electron chi connectivity index (χ0n) is 11.0. The highest BCUT2D eigenvalue weighted by atomic mass is 32.2. The fraction of sp³-hybridized carbons (Fsp3) is 0.154. The number of nitrogen functional groups attached to an aromatic ring is 1. The molecule has 7 heteroatoms. The Kier molecular flexibility index (Phi) is 4.21. The van der Waals surface area contributed by atoms with E-state index in [0.717, 1.165) is 0 Å². The molecule has 4 N–H and O–H groups in total. The third-order valence-corrected chi connectivity index (χ3v) is 4.19. The van der Waals surface area contributed by atoms with Crippen LogP contribution >= 0.6 is 0 Å². The molecule has 1 aromatic carbocycles. The van der Waals surface area contributed by atoms with Gasteiger partial charge in [0.15, 0.2) is 0 Å². The molecule has 0 fully saturated rings. The lowest BCUT2D eigenvalue weighted by Crippen LogP contribution is -2.17. The Morgan fingerprint density at radius 2 is 1.85 bits per heavy atom. The highest BCUT2D eigenvalue weighted by molar-refractivity contribution is 7.92. The molecule has 0 radical (unpaired) electrons. The Balaban J connectivity index is 2.39. The van der Waals surface area contributed by atoms with Crippen molar-refractivity contribution >= 4 is 21.5 Å². The van der Waals surface area contributed by atoms with Crippen molar-refractivity contribution in [3.63, 3.8) is 0 Å². The highest BCUT2D eigenvalue weighted by Gasteiger charge is 2.19. The van der Waals surface area contributed by atoms with Crippen molar-refractivity contribution in [1.82, 2.24) is 4.98 Å². The van der Waals surface area contributed by atoms with Gasteiger partial charge in [-0.2, -0.15) is 0 Å². The number of nitrogens with two attached hydrogens (primary N) is 1. The van der Waals surface area contributed by atoms with Crippen LogP contribution in [-0.2, 0) is 16.4 Å². The monoisotopic (exact) mass is 292 g/mol. The van der Waals surface area contributed by atoms with Crippen LogP contribution in [0, 0.1) is 0 Å². The second-order valence-electron chi connectivity index (χ2n) is 4.11. The van der Waals surface area contributed by atoms with E-state index in [1.807, 2.05) is 13.0 Å². The quantitative estimate of drug-likeness (QED) is 0.576. The molecule has 0 saturated carbocycles. The van der Waals surface area contributed by atoms with Crippen molar-refractivity contribution in [1.29, 1.82) is 0 Å². The molecule has 0 saturated heterocycles. The number of nitrogens with zero attached hydrogens (tertiary/aromatic N) is 1. The van der Waals surface area contributed by atoms with Crippen LogP contribution in [-0.4, -0.2) is 13.4 Å². The van der Waals surface area contributed by atoms with Crippen LogP contribution < -0.4 is 16.0 Å². The molecule has 1 aromatic heterocycles. The third kappa shape index (κ3) is 3.06. The lowest BCUT2D eigenvalue weighted by Gasteiger charge is -2.12. The molecule has 0 amide bonds. The number of hydrogen-bond donors (Lipinski definition) is 3. The summed E-state index contributed by atoms with van der Waals surface area (Å²) in [7, 11) is -3.66. The molecule has 106 valence electrons. The van der Waals surface area contributed by atoms with Crippen LogP contribution in [0.3, 0.4) is 0 Å². The van der Waals surface area contributed by atoms with Gasteiger partial charge in [0.1, 0.15) is 10.7 Å². The van der Waals surface area contributed by atoms with Crippen molar-refractivity contribution in [3.05, 3.63) is 48.2 Å². The summed E-state index contributed by atoms with van der Waals surface area (Å²) >= 11 is 0. The summed E-state index contributed by atoms with van der Waals surface area (Å²) in [4.78, 5) is 4.32. The topological polar surface area (TPSA) is 97.1 Å². The SMILES string of the molecule is CCc1nc(NN)ccc1S(=O)(=O)Nc1ccccc1. The number of aromatic nitrogens is 1. The summed E-state index contributed by atoms with van der Waals surface area (Å²) in [6, 6.07) is 11.7. The van der Waals surface area contributed by atoms with Crippen LogP contribution in [0.5, 0.6) is 0 Å². The molecule has 0 aliphatic heterocycles. The van der Waals surface area contributed by atoms with Crippen LogP contribution in [0.4, 0.5) is 11.5 Å². The maximum Gasteiger partial charge on any atom is 0.263 e. The fourth-order valence-corrected chi connectivity index (χ4v) is 3.09. The summed E-state index contributed by atoms with van der Waals surface area (Å²) in [6.07, 6.45) is 0.487. The van der Waals surface area contributed by atoms with Gasteiger partial charge in [-0.05, 0) is 30.7 Å². The lowest BCUT2D eigenvalue weighted by molar-refractivity contribution is 0.599. The van der Waals surface area contributed by atoms with Crippen molar-refractivity contribution < 1.29 is 8.42 Å². The number of hydrogen-bond acceptors (Lipinski definition) is 5. The zero-order valence-corrected chi connectivity index (χ0v) is 11.8. The molecular weight excluding hydrogens is 276 g/mol. The second-order valence-corrected chi connectivity index (χ2v) is 5.76. The van der Waals surface area contributed by atoms with E-state index in [1.165, 1.54) is 12.1 Å². The minimum atomic E-state index is -3.66. The number of aryl methyl sites for hydroxylation is 1. The fourth-order valence-electron chi connectivity index (χ4n) is 1.78. The number of anilines is 2. The van der Waals surface area contributed by atoms with Gasteiger partial charge in [-0.3, -0.25) is 4.72 Å². The van der Waals surface area contributed by atoms with E-state index in [4.69, 9.17) is 5.84 Å². The summed E-state index contributed by atoms with van der Waals surface area (Å²) < 4.78 is 27.3. The van der Waals surface area contributed by atoms with E-state index in [1.54, 1.807) is 24.3 Å². The Morgan fingerprint density at radius 3 is 2.45 bits per heavy atom. The Hall–Kier alpha value is -2.12. The van der Waals surface area contributed by atoms with Gasteiger partial charge in [0, 0.05) is 5.69 Å². The van der Waals surface area contributed by atoms with E-state index >= 15 is 0 Å². The first-order chi connectivity index (χ1) is 9.56. The Morgan fingerprint density at radius 1 is 1.15 bits per heavy atom. The smallest absolute Gasteiger partial charge is 0.263 e. The number of nitrogens with one attached hydrogen (secondary N) is 2. The highest BCUT2D eigenvalue weighted by Crippen LogP contribution is 2.20. The third-order valence-electron chi connectivity index (χ3n) is 2.73. The van der Waals surface area contributed by atoms with E-state index in [0.29, 0.717) is 23.6 Å². The van der Waals surface area contributed by atoms with Crippen molar-refractivity contribution in [2.24, 2.45) is 5.84 Å². The van der Waals surface area contributed by atoms with Crippen LogP contribution in [0.15, 0.2) is 47.4 Å². The molecule has 0 atom stereocenters. The predicted octanol–water partition coefficient (Wildman–Crippen LogP) is 1.73. The van der Waals surface area contributed by atoms with Gasteiger partial charge in [0.2, 0.25) is 0 Å². The molecule has 20 heavy (non-hydrogen) atoms. The first-order valence-corrected chi connectivity index (χ1v) is 7.59. The molecular formula is C13H16N4O2S. The first-order valence-electron chi connectivity index (χ1n) is 6.11. The zero-order chi connectivity index (χ0) is 14.6. The molecule has 0 aliphatic rings. The van der Waals surface area contributed by atoms with Crippen molar-refractivity contribution in [2.75, 3.05) is 10.1 Å². The van der Waals surface area contributed by atoms with E-state index in [-0.39, 0.29) is 4.90 Å². The number of sulfonamides is 1. The Bertz CT molecular complexity index is 687. The average molecular weight is 292 g/mol. The van der Waals surface area contributed by atoms with Gasteiger partial charge >= 0.3 is 0 Å². The summed E-state index contributed by atoms with van der Waals surface area (Å²) in [5, 5.41) is 0. The largest absolute Gasteiger partial charge is 0.308 e. The standard InChI is InChI=1S/C13H16N4O2S/c1-2-11-12(8-9-13(15-11)16-14)20(18,19)17-10-6-4-3-5-7-10/h3-9,17H,2,14H2,1H3,(H,15,16). The van der Waals surface area contributed by atoms with Crippen molar-refractivity contribution in [3.8, 4) is 0 Å². The van der Waals surface area contributed by atoms with Crippen LogP contribution in [0.1, 0.15) is 12.6 Å². The molecule has 1 heterocycles. The van der Waals surface area contributed by atoms with Gasteiger partial charge in [-0.15, -0.1) is 0 Å². The van der Waals surface area contributed by atoms with Gasteiger partial charge < -0.3 is 5.43 Å². The maximum absolute atomic E-state index is 12.4. The van der Waals surface area contributed by atoms with Gasteiger partial charge in [0.05, 0.1) is 5.69 Å². The molecule has 0 bridgehead atoms. The van der Waals surface area contributed by atoms with Crippen LogP contribution in [0.2, 0.25) is 0 Å². The molecule has 2 rings (SSSR count). The summed E-state index contributed by atoms with van der Waals surface area (Å²) in [5.41, 5.74) is 3.38. The first kappa shape index (κ1) is 14.3. The molecule has 6 nitrogen and oxygen atoms in total. The van der Waals surface area contributed by atoms with E-state index in [9.17, 15) is 8.42 Å². The Labute approximate surface area is 118 Å². The number of hydrazine groups is 1. The van der Waals surface area contributed by atoms with Gasteiger partial charge in [-0.1, -0.05) is 25.1 Å². The molecule has 0 spiro atoms. The lowest BCUT2D eigenvalue weighted by atomic mass is 10.3. The number of rotatable bonds is 5. The van der Waals surface area contributed by atoms with E-state index < -0.39 is 10.0 Å². The maximum atomic E-state index is 12.4. The molecule has 0 unspecified atom stereocenters. The summed E-state index contributed by atoms with van der Waals surface area (Å²) in [5.74, 6) is 5.71. The number of benzene rings is 1.